The summed E-state index contributed by atoms with van der Waals surface area (Å²) in [6.07, 6.45) is 1.12. The van der Waals surface area contributed by atoms with Crippen LogP contribution in [0.5, 0.6) is 0 Å². The van der Waals surface area contributed by atoms with Crippen LogP contribution in [0.15, 0.2) is 30.0 Å². The molecule has 2 rings (SSSR count). The molecule has 0 saturated carbocycles. The summed E-state index contributed by atoms with van der Waals surface area (Å²) < 4.78 is 26.5. The number of carbonyl (C=O) groups is 2. The minimum atomic E-state index is -1.44. The van der Waals surface area contributed by atoms with Crippen LogP contribution in [-0.2, 0) is 4.79 Å². The summed E-state index contributed by atoms with van der Waals surface area (Å²) in [5, 5.41) is 8.99. The number of pyridine rings is 1. The minimum Gasteiger partial charge on any atom is -0.477 e. The summed E-state index contributed by atoms with van der Waals surface area (Å²) in [6.45, 7) is 0. The molecule has 0 radical (unpaired) electrons. The zero-order valence-electron chi connectivity index (χ0n) is 12.1. The van der Waals surface area contributed by atoms with Crippen LogP contribution in [0.1, 0.15) is 10.4 Å². The Hall–Kier alpha value is -2.54. The van der Waals surface area contributed by atoms with Crippen LogP contribution in [0.3, 0.4) is 0 Å². The molecule has 0 spiro atoms. The molecule has 0 aliphatic carbocycles. The number of hydrogen-bond acceptors (Lipinski definition) is 4. The van der Waals surface area contributed by atoms with Gasteiger partial charge in [-0.25, -0.2) is 18.6 Å². The highest BCUT2D eigenvalue weighted by Gasteiger charge is 2.23. The summed E-state index contributed by atoms with van der Waals surface area (Å²) in [7, 11) is 3.10. The number of hydrogen-bond donors (Lipinski definition) is 1. The summed E-state index contributed by atoms with van der Waals surface area (Å²) >= 11 is 5.89. The van der Waals surface area contributed by atoms with Crippen molar-refractivity contribution in [1.29, 1.82) is 0 Å². The van der Waals surface area contributed by atoms with E-state index in [2.05, 4.69) is 4.98 Å². The van der Waals surface area contributed by atoms with Crippen molar-refractivity contribution in [3.8, 4) is 0 Å². The fraction of sp³-hybridized carbons (Fsp3) is 0.133. The van der Waals surface area contributed by atoms with Crippen molar-refractivity contribution in [3.63, 3.8) is 0 Å². The number of nitrogens with zero attached hydrogens (tertiary/aromatic N) is 2. The predicted octanol–water partition coefficient (Wildman–Crippen LogP) is 2.88. The van der Waals surface area contributed by atoms with E-state index in [4.69, 9.17) is 16.7 Å². The maximum atomic E-state index is 13.3. The van der Waals surface area contributed by atoms with Crippen LogP contribution in [0.4, 0.5) is 8.78 Å². The van der Waals surface area contributed by atoms with Crippen molar-refractivity contribution < 1.29 is 23.5 Å². The second-order valence-corrected chi connectivity index (χ2v) is 5.28. The number of halogens is 3. The number of ketones is 1. The van der Waals surface area contributed by atoms with Gasteiger partial charge in [0.2, 0.25) is 5.78 Å². The van der Waals surface area contributed by atoms with E-state index in [0.717, 1.165) is 18.3 Å². The van der Waals surface area contributed by atoms with E-state index in [1.165, 1.54) is 11.0 Å². The Morgan fingerprint density at radius 1 is 1.22 bits per heavy atom. The van der Waals surface area contributed by atoms with Crippen LogP contribution < -0.4 is 0 Å². The van der Waals surface area contributed by atoms with Crippen LogP contribution in [0, 0.1) is 11.6 Å². The Balaban J connectivity index is 2.62. The number of Topliss-reactive ketones (excluding diaryl/α,β-unsaturated/α-hetero) is 1. The smallest absolute Gasteiger partial charge is 0.341 e. The first-order chi connectivity index (χ1) is 10.7. The van der Waals surface area contributed by atoms with E-state index in [0.29, 0.717) is 0 Å². The molecule has 120 valence electrons. The van der Waals surface area contributed by atoms with Crippen molar-refractivity contribution in [2.24, 2.45) is 0 Å². The van der Waals surface area contributed by atoms with Gasteiger partial charge in [-0.3, -0.25) is 4.79 Å². The van der Waals surface area contributed by atoms with Crippen molar-refractivity contribution in [3.05, 3.63) is 52.3 Å². The molecule has 23 heavy (non-hydrogen) atoms. The standard InChI is InChI=1S/C15H11ClF2N2O3/c1-20(2)6-9(15(22)23)13(21)8-3-7-4-10(17)11(18)5-12(7)19-14(8)16/h3-6H,1-2H3,(H,22,23)/b9-6-. The number of carboxylic acids is 1. The maximum absolute atomic E-state index is 13.3. The summed E-state index contributed by atoms with van der Waals surface area (Å²) in [4.78, 5) is 28.8. The average Bonchev–Trinajstić information content (AvgIpc) is 2.45. The summed E-state index contributed by atoms with van der Waals surface area (Å²) in [5.41, 5.74) is -0.680. The number of rotatable bonds is 4. The number of carbonyl (C=O) groups excluding carboxylic acids is 1. The van der Waals surface area contributed by atoms with Crippen molar-refractivity contribution >= 4 is 34.3 Å². The quantitative estimate of drug-likeness (QED) is 0.305. The van der Waals surface area contributed by atoms with Crippen molar-refractivity contribution in [1.82, 2.24) is 9.88 Å². The van der Waals surface area contributed by atoms with Gasteiger partial charge in [-0.05, 0) is 12.1 Å². The monoisotopic (exact) mass is 340 g/mol. The van der Waals surface area contributed by atoms with Crippen LogP contribution in [0.25, 0.3) is 10.9 Å². The normalized spacial score (nSPS) is 11.6. The number of fused-ring (bicyclic) bond motifs is 1. The van der Waals surface area contributed by atoms with Gasteiger partial charge in [0.25, 0.3) is 0 Å². The number of aromatic nitrogens is 1. The van der Waals surface area contributed by atoms with Crippen LogP contribution in [-0.4, -0.2) is 40.8 Å². The van der Waals surface area contributed by atoms with Gasteiger partial charge in [0.15, 0.2) is 11.6 Å². The lowest BCUT2D eigenvalue weighted by atomic mass is 10.0. The zero-order valence-corrected chi connectivity index (χ0v) is 12.9. The summed E-state index contributed by atoms with van der Waals surface area (Å²) in [5.74, 6) is -4.53. The molecule has 1 aromatic heterocycles. The van der Waals surface area contributed by atoms with Crippen molar-refractivity contribution in [2.75, 3.05) is 14.1 Å². The molecule has 0 saturated heterocycles. The molecule has 2 aromatic rings. The molecule has 1 N–H and O–H groups in total. The SMILES string of the molecule is CN(C)/C=C(\C(=O)O)C(=O)c1cc2cc(F)c(F)cc2nc1Cl. The minimum absolute atomic E-state index is 0.0546. The van der Waals surface area contributed by atoms with Crippen LogP contribution >= 0.6 is 11.6 Å². The first kappa shape index (κ1) is 16.8. The highest BCUT2D eigenvalue weighted by Crippen LogP contribution is 2.25. The first-order valence-corrected chi connectivity index (χ1v) is 6.70. The summed E-state index contributed by atoms with van der Waals surface area (Å²) in [6, 6.07) is 2.89. The van der Waals surface area contributed by atoms with Gasteiger partial charge in [-0.1, -0.05) is 11.6 Å². The third-order valence-electron chi connectivity index (χ3n) is 2.92. The number of carboxylic acid groups (broad SMARTS) is 1. The molecule has 8 heteroatoms. The fourth-order valence-corrected chi connectivity index (χ4v) is 2.15. The van der Waals surface area contributed by atoms with E-state index >= 15 is 0 Å². The molecule has 0 bridgehead atoms. The predicted molar refractivity (Wildman–Crippen MR) is 80.4 cm³/mol. The largest absolute Gasteiger partial charge is 0.477 e. The molecule has 0 aliphatic rings. The van der Waals surface area contributed by atoms with Gasteiger partial charge in [0, 0.05) is 31.7 Å². The number of benzene rings is 1. The molecule has 0 aliphatic heterocycles. The first-order valence-electron chi connectivity index (χ1n) is 6.32. The van der Waals surface area contributed by atoms with E-state index < -0.39 is 29.0 Å². The zero-order chi connectivity index (χ0) is 17.3. The Labute approximate surface area is 134 Å². The van der Waals surface area contributed by atoms with Gasteiger partial charge in [0.05, 0.1) is 11.1 Å². The molecule has 5 nitrogen and oxygen atoms in total. The Morgan fingerprint density at radius 3 is 2.39 bits per heavy atom. The fourth-order valence-electron chi connectivity index (χ4n) is 1.92. The third-order valence-corrected chi connectivity index (χ3v) is 3.21. The third kappa shape index (κ3) is 3.45. The Morgan fingerprint density at radius 2 is 1.83 bits per heavy atom. The molecular weight excluding hydrogens is 330 g/mol. The Bertz CT molecular complexity index is 850. The lowest BCUT2D eigenvalue weighted by Crippen LogP contribution is -2.17. The van der Waals surface area contributed by atoms with Gasteiger partial charge in [0.1, 0.15) is 10.7 Å². The second-order valence-electron chi connectivity index (χ2n) is 4.93. The lowest BCUT2D eigenvalue weighted by Gasteiger charge is -2.10. The lowest BCUT2D eigenvalue weighted by molar-refractivity contribution is -0.132. The molecule has 1 heterocycles. The molecule has 0 amide bonds. The van der Waals surface area contributed by atoms with Crippen molar-refractivity contribution in [2.45, 2.75) is 0 Å². The molecular formula is C15H11ClF2N2O3. The number of aliphatic carboxylic acids is 1. The van der Waals surface area contributed by atoms with E-state index in [1.807, 2.05) is 0 Å². The average molecular weight is 341 g/mol. The van der Waals surface area contributed by atoms with Crippen LogP contribution in [0.2, 0.25) is 5.15 Å². The Kier molecular flexibility index (Phi) is 4.60. The molecule has 0 fully saturated rings. The van der Waals surface area contributed by atoms with Gasteiger partial charge in [-0.2, -0.15) is 0 Å². The van der Waals surface area contributed by atoms with Gasteiger partial charge in [-0.15, -0.1) is 0 Å². The van der Waals surface area contributed by atoms with E-state index in [-0.39, 0.29) is 21.6 Å². The van der Waals surface area contributed by atoms with Gasteiger partial charge < -0.3 is 10.0 Å². The maximum Gasteiger partial charge on any atom is 0.341 e. The highest BCUT2D eigenvalue weighted by molar-refractivity contribution is 6.36. The van der Waals surface area contributed by atoms with E-state index in [9.17, 15) is 18.4 Å². The molecule has 0 unspecified atom stereocenters. The highest BCUT2D eigenvalue weighted by atomic mass is 35.5. The molecule has 1 aromatic carbocycles. The molecule has 0 atom stereocenters. The second kappa shape index (κ2) is 6.29. The topological polar surface area (TPSA) is 70.5 Å². The van der Waals surface area contributed by atoms with E-state index in [1.54, 1.807) is 14.1 Å². The van der Waals surface area contributed by atoms with Gasteiger partial charge >= 0.3 is 5.97 Å².